The second kappa shape index (κ2) is 4.93. The van der Waals surface area contributed by atoms with Gasteiger partial charge in [0.25, 0.3) is 5.91 Å². The number of piperazine rings is 1. The molecule has 3 rings (SSSR count). The number of aromatic nitrogens is 1. The largest absolute Gasteiger partial charge is 0.335 e. The standard InChI is InChI=1S/C14H14FN3O/c15-11-3-1-10-2-4-12(17-13(10)9-11)14(19)18-7-5-16-6-8-18/h1-4,9,16H,5-8H2. The van der Waals surface area contributed by atoms with Gasteiger partial charge < -0.3 is 10.2 Å². The number of rotatable bonds is 1. The van der Waals surface area contributed by atoms with Gasteiger partial charge in [-0.05, 0) is 18.2 Å². The summed E-state index contributed by atoms with van der Waals surface area (Å²) in [6.07, 6.45) is 0. The first kappa shape index (κ1) is 12.0. The third-order valence-corrected chi connectivity index (χ3v) is 3.28. The Balaban J connectivity index is 1.93. The number of hydrogen-bond acceptors (Lipinski definition) is 3. The van der Waals surface area contributed by atoms with Crippen molar-refractivity contribution < 1.29 is 9.18 Å². The van der Waals surface area contributed by atoms with Crippen molar-refractivity contribution in [2.24, 2.45) is 0 Å². The fourth-order valence-electron chi connectivity index (χ4n) is 2.24. The van der Waals surface area contributed by atoms with E-state index in [1.807, 2.05) is 0 Å². The predicted octanol–water partition coefficient (Wildman–Crippen LogP) is 1.42. The van der Waals surface area contributed by atoms with Crippen molar-refractivity contribution in [3.05, 3.63) is 41.8 Å². The van der Waals surface area contributed by atoms with Gasteiger partial charge in [-0.25, -0.2) is 9.37 Å². The highest BCUT2D eigenvalue weighted by Gasteiger charge is 2.19. The van der Waals surface area contributed by atoms with Crippen LogP contribution >= 0.6 is 0 Å². The summed E-state index contributed by atoms with van der Waals surface area (Å²) in [6.45, 7) is 2.96. The van der Waals surface area contributed by atoms with E-state index in [2.05, 4.69) is 10.3 Å². The molecule has 2 heterocycles. The molecule has 0 atom stereocenters. The molecule has 0 unspecified atom stereocenters. The van der Waals surface area contributed by atoms with Crippen LogP contribution < -0.4 is 5.32 Å². The van der Waals surface area contributed by atoms with Crippen LogP contribution in [-0.2, 0) is 0 Å². The van der Waals surface area contributed by atoms with Gasteiger partial charge in [0.15, 0.2) is 0 Å². The van der Waals surface area contributed by atoms with Crippen LogP contribution in [0.25, 0.3) is 10.9 Å². The van der Waals surface area contributed by atoms with Gasteiger partial charge >= 0.3 is 0 Å². The molecular formula is C14H14FN3O. The van der Waals surface area contributed by atoms with E-state index in [1.54, 1.807) is 23.1 Å². The zero-order valence-electron chi connectivity index (χ0n) is 10.4. The molecule has 1 aromatic heterocycles. The Morgan fingerprint density at radius 3 is 2.74 bits per heavy atom. The summed E-state index contributed by atoms with van der Waals surface area (Å²) in [7, 11) is 0. The van der Waals surface area contributed by atoms with Crippen LogP contribution in [0.1, 0.15) is 10.5 Å². The molecule has 0 aliphatic carbocycles. The third kappa shape index (κ3) is 2.42. The summed E-state index contributed by atoms with van der Waals surface area (Å²) in [4.78, 5) is 18.3. The van der Waals surface area contributed by atoms with Crippen LogP contribution in [0.4, 0.5) is 4.39 Å². The molecule has 1 fully saturated rings. The first-order valence-electron chi connectivity index (χ1n) is 6.30. The Labute approximate surface area is 110 Å². The van der Waals surface area contributed by atoms with E-state index in [9.17, 15) is 9.18 Å². The van der Waals surface area contributed by atoms with E-state index in [0.717, 1.165) is 18.5 Å². The number of carbonyl (C=O) groups is 1. The molecule has 1 aliphatic rings. The molecule has 1 amide bonds. The molecule has 1 N–H and O–H groups in total. The van der Waals surface area contributed by atoms with Crippen LogP contribution in [0, 0.1) is 5.82 Å². The summed E-state index contributed by atoms with van der Waals surface area (Å²) in [6, 6.07) is 7.91. The van der Waals surface area contributed by atoms with E-state index < -0.39 is 0 Å². The number of halogens is 1. The molecule has 1 aromatic carbocycles. The zero-order valence-corrected chi connectivity index (χ0v) is 10.4. The number of hydrogen-bond donors (Lipinski definition) is 1. The lowest BCUT2D eigenvalue weighted by Gasteiger charge is -2.27. The second-order valence-corrected chi connectivity index (χ2v) is 4.58. The summed E-state index contributed by atoms with van der Waals surface area (Å²) in [5.74, 6) is -0.431. The number of nitrogens with one attached hydrogen (secondary N) is 1. The van der Waals surface area contributed by atoms with E-state index >= 15 is 0 Å². The summed E-state index contributed by atoms with van der Waals surface area (Å²) >= 11 is 0. The number of benzene rings is 1. The molecule has 1 saturated heterocycles. The van der Waals surface area contributed by atoms with Gasteiger partial charge in [0.2, 0.25) is 0 Å². The van der Waals surface area contributed by atoms with Crippen molar-refractivity contribution in [3.63, 3.8) is 0 Å². The molecule has 19 heavy (non-hydrogen) atoms. The predicted molar refractivity (Wildman–Crippen MR) is 70.5 cm³/mol. The molecule has 0 spiro atoms. The van der Waals surface area contributed by atoms with E-state index in [0.29, 0.717) is 24.3 Å². The fourth-order valence-corrected chi connectivity index (χ4v) is 2.24. The van der Waals surface area contributed by atoms with Crippen LogP contribution in [-0.4, -0.2) is 42.0 Å². The zero-order chi connectivity index (χ0) is 13.2. The molecule has 5 heteroatoms. The maximum Gasteiger partial charge on any atom is 0.272 e. The van der Waals surface area contributed by atoms with Crippen molar-refractivity contribution >= 4 is 16.8 Å². The number of nitrogens with zero attached hydrogens (tertiary/aromatic N) is 2. The quantitative estimate of drug-likeness (QED) is 0.842. The normalized spacial score (nSPS) is 15.7. The van der Waals surface area contributed by atoms with Gasteiger partial charge in [0.05, 0.1) is 5.52 Å². The van der Waals surface area contributed by atoms with Gasteiger partial charge in [-0.3, -0.25) is 4.79 Å². The minimum absolute atomic E-state index is 0.0901. The highest BCUT2D eigenvalue weighted by molar-refractivity contribution is 5.95. The van der Waals surface area contributed by atoms with Crippen molar-refractivity contribution in [3.8, 4) is 0 Å². The second-order valence-electron chi connectivity index (χ2n) is 4.58. The van der Waals surface area contributed by atoms with Gasteiger partial charge in [0, 0.05) is 37.6 Å². The average molecular weight is 259 g/mol. The molecular weight excluding hydrogens is 245 g/mol. The Morgan fingerprint density at radius 2 is 1.95 bits per heavy atom. The average Bonchev–Trinajstić information content (AvgIpc) is 2.46. The number of fused-ring (bicyclic) bond motifs is 1. The summed E-state index contributed by atoms with van der Waals surface area (Å²) in [5, 5.41) is 4.03. The van der Waals surface area contributed by atoms with Crippen LogP contribution in [0.3, 0.4) is 0 Å². The maximum absolute atomic E-state index is 13.2. The van der Waals surface area contributed by atoms with Gasteiger partial charge in [0.1, 0.15) is 11.5 Å². The maximum atomic E-state index is 13.2. The lowest BCUT2D eigenvalue weighted by molar-refractivity contribution is 0.0730. The summed E-state index contributed by atoms with van der Waals surface area (Å²) < 4.78 is 13.2. The molecule has 0 bridgehead atoms. The Morgan fingerprint density at radius 1 is 1.21 bits per heavy atom. The summed E-state index contributed by atoms with van der Waals surface area (Å²) in [5.41, 5.74) is 0.890. The number of amides is 1. The van der Waals surface area contributed by atoms with Crippen LogP contribution in [0.2, 0.25) is 0 Å². The number of pyridine rings is 1. The van der Waals surface area contributed by atoms with E-state index in [-0.39, 0.29) is 11.7 Å². The third-order valence-electron chi connectivity index (χ3n) is 3.28. The first-order chi connectivity index (χ1) is 9.24. The molecule has 98 valence electrons. The van der Waals surface area contributed by atoms with Crippen molar-refractivity contribution in [1.29, 1.82) is 0 Å². The SMILES string of the molecule is O=C(c1ccc2ccc(F)cc2n1)N1CCNCC1. The lowest BCUT2D eigenvalue weighted by Crippen LogP contribution is -2.46. The lowest BCUT2D eigenvalue weighted by atomic mass is 10.2. The smallest absolute Gasteiger partial charge is 0.272 e. The van der Waals surface area contributed by atoms with Gasteiger partial charge in [-0.2, -0.15) is 0 Å². The molecule has 0 saturated carbocycles. The van der Waals surface area contributed by atoms with Gasteiger partial charge in [-0.15, -0.1) is 0 Å². The monoisotopic (exact) mass is 259 g/mol. The highest BCUT2D eigenvalue weighted by Crippen LogP contribution is 2.15. The highest BCUT2D eigenvalue weighted by atomic mass is 19.1. The van der Waals surface area contributed by atoms with Crippen molar-refractivity contribution in [2.75, 3.05) is 26.2 Å². The topological polar surface area (TPSA) is 45.2 Å². The Hall–Kier alpha value is -2.01. The minimum atomic E-state index is -0.341. The minimum Gasteiger partial charge on any atom is -0.335 e. The number of carbonyl (C=O) groups excluding carboxylic acids is 1. The molecule has 2 aromatic rings. The Bertz CT molecular complexity index is 623. The van der Waals surface area contributed by atoms with E-state index in [1.165, 1.54) is 12.1 Å². The van der Waals surface area contributed by atoms with Crippen molar-refractivity contribution in [2.45, 2.75) is 0 Å². The molecule has 1 aliphatic heterocycles. The van der Waals surface area contributed by atoms with E-state index in [4.69, 9.17) is 0 Å². The van der Waals surface area contributed by atoms with Gasteiger partial charge in [-0.1, -0.05) is 6.07 Å². The first-order valence-corrected chi connectivity index (χ1v) is 6.30. The Kier molecular flexibility index (Phi) is 3.13. The van der Waals surface area contributed by atoms with Crippen molar-refractivity contribution in [1.82, 2.24) is 15.2 Å². The molecule has 0 radical (unpaired) electrons. The van der Waals surface area contributed by atoms with Crippen LogP contribution in [0.15, 0.2) is 30.3 Å². The van der Waals surface area contributed by atoms with Crippen LogP contribution in [0.5, 0.6) is 0 Å². The molecule has 4 nitrogen and oxygen atoms in total. The fraction of sp³-hybridized carbons (Fsp3) is 0.286.